The number of benzene rings is 3. The summed E-state index contributed by atoms with van der Waals surface area (Å²) in [5.74, 6) is 1.80. The number of ether oxygens (including phenoxy) is 1. The summed E-state index contributed by atoms with van der Waals surface area (Å²) in [5, 5.41) is 36.2. The first-order valence-corrected chi connectivity index (χ1v) is 28.5. The maximum Gasteiger partial charge on any atom is 0.319 e. The van der Waals surface area contributed by atoms with E-state index in [2.05, 4.69) is 60.6 Å². The molecule has 18 heteroatoms. The van der Waals surface area contributed by atoms with Gasteiger partial charge >= 0.3 is 6.01 Å². The number of aromatic nitrogens is 5. The fourth-order valence-corrected chi connectivity index (χ4v) is 14.5. The lowest BCUT2D eigenvalue weighted by Crippen LogP contribution is -2.51. The van der Waals surface area contributed by atoms with Gasteiger partial charge in [0.15, 0.2) is 11.6 Å². The van der Waals surface area contributed by atoms with Crippen molar-refractivity contribution in [1.29, 1.82) is 0 Å². The predicted octanol–water partition coefficient (Wildman–Crippen LogP) is 7.79. The number of aromatic hydroxyl groups is 1. The van der Waals surface area contributed by atoms with E-state index in [0.717, 1.165) is 131 Å². The van der Waals surface area contributed by atoms with Crippen LogP contribution in [0.15, 0.2) is 76.9 Å². The second kappa shape index (κ2) is 19.9. The van der Waals surface area contributed by atoms with Gasteiger partial charge in [0.2, 0.25) is 11.8 Å². The summed E-state index contributed by atoms with van der Waals surface area (Å²) in [6, 6.07) is 20.0. The van der Waals surface area contributed by atoms with Crippen LogP contribution < -0.4 is 25.2 Å². The molecule has 0 saturated carbocycles. The Balaban J connectivity index is 0.669. The minimum Gasteiger partial charge on any atom is -0.508 e. The van der Waals surface area contributed by atoms with Crippen molar-refractivity contribution in [3.63, 3.8) is 0 Å². The monoisotopic (exact) mass is 1060 g/mol. The summed E-state index contributed by atoms with van der Waals surface area (Å²) >= 11 is 1.60. The third-order valence-corrected chi connectivity index (χ3v) is 18.6. The quantitative estimate of drug-likeness (QED) is 0.0872. The number of piperazine rings is 1. The van der Waals surface area contributed by atoms with Gasteiger partial charge in [0.05, 0.1) is 44.8 Å². The number of hydrogen-bond acceptors (Lipinski definition) is 16. The number of nitrogens with one attached hydrogen (secondary N) is 2. The van der Waals surface area contributed by atoms with Crippen LogP contribution in [0.3, 0.4) is 0 Å². The fourth-order valence-electron chi connectivity index (χ4n) is 13.7. The number of β-amino-alcohol motifs (C(OH)–C–C–N with tert-alkyl or cyclic N) is 1. The van der Waals surface area contributed by atoms with Crippen molar-refractivity contribution in [2.75, 3.05) is 68.8 Å². The molecule has 13 rings (SSSR count). The van der Waals surface area contributed by atoms with Crippen molar-refractivity contribution < 1.29 is 29.1 Å². The Kier molecular flexibility index (Phi) is 12.9. The zero-order valence-corrected chi connectivity index (χ0v) is 45.2. The molecule has 9 atom stereocenters. The van der Waals surface area contributed by atoms with E-state index in [4.69, 9.17) is 24.2 Å². The summed E-state index contributed by atoms with van der Waals surface area (Å²) < 4.78 is 12.6. The Bertz CT molecular complexity index is 3390. The van der Waals surface area contributed by atoms with Gasteiger partial charge in [-0.05, 0) is 97.0 Å². The van der Waals surface area contributed by atoms with Gasteiger partial charge < -0.3 is 44.8 Å². The van der Waals surface area contributed by atoms with Crippen molar-refractivity contribution in [2.45, 2.75) is 102 Å². The molecule has 5 fully saturated rings. The summed E-state index contributed by atoms with van der Waals surface area (Å²) in [4.78, 5) is 58.2. The number of nitrogens with zero attached hydrogens (tertiary/aromatic N) is 9. The molecule has 3 aromatic carbocycles. The lowest BCUT2D eigenvalue weighted by atomic mass is 9.79. The van der Waals surface area contributed by atoms with Crippen LogP contribution in [0.2, 0.25) is 0 Å². The molecule has 4 aromatic heterocycles. The number of thiazole rings is 1. The number of carbonyl (C=O) groups excluding carboxylic acids is 2. The molecule has 0 spiro atoms. The SMILES string of the molecule is Cc1ncsc1-c1ccc([C@H](C)NC(=O)[C@@H]2C[C@@H](O)CN2C(=O)[C@@H](c2cc(N3C[C@H]4CCN(CCOc5nc(N6CC7CCC(C6)N7)c6cnc7c(c6n5)C(C)c5cccc6cc(O)cc-7c56)C[C@H]4C3)no2)C(C)C)cc1. The minimum absolute atomic E-state index is 0.00867. The maximum atomic E-state index is 14.5. The second-order valence-electron chi connectivity index (χ2n) is 23.0. The summed E-state index contributed by atoms with van der Waals surface area (Å²) in [5.41, 5.74) is 9.68. The topological polar surface area (TPSA) is 198 Å². The number of rotatable bonds is 13. The largest absolute Gasteiger partial charge is 0.508 e. The van der Waals surface area contributed by atoms with Gasteiger partial charge in [0.25, 0.3) is 0 Å². The van der Waals surface area contributed by atoms with E-state index in [1.807, 2.05) is 81.9 Å². The van der Waals surface area contributed by atoms with E-state index in [9.17, 15) is 19.8 Å². The van der Waals surface area contributed by atoms with Gasteiger partial charge in [0.1, 0.15) is 30.1 Å². The van der Waals surface area contributed by atoms with Crippen LogP contribution in [0.5, 0.6) is 11.8 Å². The predicted molar refractivity (Wildman–Crippen MR) is 296 cm³/mol. The number of carbonyl (C=O) groups is 2. The fraction of sp³-hybridized carbons (Fsp3) is 0.475. The molecule has 1 aliphatic carbocycles. The van der Waals surface area contributed by atoms with Crippen molar-refractivity contribution >= 4 is 56.5 Å². The number of piperidine rings is 1. The number of phenolic OH excluding ortho intramolecular Hbond substituents is 1. The Morgan fingerprint density at radius 3 is 2.52 bits per heavy atom. The molecule has 2 bridgehead atoms. The van der Waals surface area contributed by atoms with Crippen molar-refractivity contribution in [2.24, 2.45) is 17.8 Å². The van der Waals surface area contributed by atoms with Crippen LogP contribution in [-0.4, -0.2) is 140 Å². The Labute approximate surface area is 452 Å². The average Bonchev–Trinajstić information content (AvgIpc) is 4.30. The molecule has 0 radical (unpaired) electrons. The molecular formula is C59H67N11O6S. The number of likely N-dealkylation sites (tertiary alicyclic amines) is 2. The highest BCUT2D eigenvalue weighted by Crippen LogP contribution is 2.49. The van der Waals surface area contributed by atoms with Crippen LogP contribution in [0.25, 0.3) is 43.4 Å². The molecule has 9 heterocycles. The van der Waals surface area contributed by atoms with E-state index < -0.39 is 18.1 Å². The third-order valence-electron chi connectivity index (χ3n) is 17.6. The van der Waals surface area contributed by atoms with Crippen LogP contribution >= 0.6 is 11.3 Å². The number of hydrogen-bond donors (Lipinski definition) is 4. The van der Waals surface area contributed by atoms with Crippen molar-refractivity contribution in [1.82, 2.24) is 45.5 Å². The highest BCUT2D eigenvalue weighted by Gasteiger charge is 2.45. The number of aryl methyl sites for hydroxylation is 1. The highest BCUT2D eigenvalue weighted by atomic mass is 32.1. The van der Waals surface area contributed by atoms with Gasteiger partial charge in [-0.2, -0.15) is 9.97 Å². The van der Waals surface area contributed by atoms with E-state index in [1.54, 1.807) is 11.3 Å². The first kappa shape index (κ1) is 49.8. The van der Waals surface area contributed by atoms with Crippen LogP contribution in [0.1, 0.15) is 99.4 Å². The minimum atomic E-state index is -0.818. The smallest absolute Gasteiger partial charge is 0.319 e. The number of aliphatic hydroxyl groups is 1. The lowest BCUT2D eigenvalue weighted by molar-refractivity contribution is -0.141. The Morgan fingerprint density at radius 1 is 0.935 bits per heavy atom. The van der Waals surface area contributed by atoms with Gasteiger partial charge in [0, 0.05) is 93.6 Å². The molecule has 7 aromatic rings. The van der Waals surface area contributed by atoms with Crippen molar-refractivity contribution in [3.8, 4) is 33.5 Å². The summed E-state index contributed by atoms with van der Waals surface area (Å²) in [7, 11) is 0. The molecule has 6 aliphatic rings. The van der Waals surface area contributed by atoms with Gasteiger partial charge in [-0.1, -0.05) is 68.4 Å². The lowest BCUT2D eigenvalue weighted by Gasteiger charge is -2.35. The number of phenols is 1. The first-order chi connectivity index (χ1) is 37.3. The van der Waals surface area contributed by atoms with Crippen LogP contribution in [-0.2, 0) is 9.59 Å². The number of fused-ring (bicyclic) bond motifs is 7. The number of pyridine rings is 1. The molecule has 4 N–H and O–H groups in total. The molecule has 77 heavy (non-hydrogen) atoms. The van der Waals surface area contributed by atoms with Gasteiger partial charge in [-0.3, -0.25) is 19.5 Å². The zero-order valence-electron chi connectivity index (χ0n) is 44.4. The average molecular weight is 1060 g/mol. The van der Waals surface area contributed by atoms with Gasteiger partial charge in [-0.25, -0.2) is 4.98 Å². The third kappa shape index (κ3) is 9.13. The van der Waals surface area contributed by atoms with E-state index >= 15 is 0 Å². The number of amides is 2. The molecule has 17 nitrogen and oxygen atoms in total. The molecule has 5 saturated heterocycles. The maximum absolute atomic E-state index is 14.5. The highest BCUT2D eigenvalue weighted by molar-refractivity contribution is 7.13. The summed E-state index contributed by atoms with van der Waals surface area (Å²) in [6.07, 6.45) is 4.62. The van der Waals surface area contributed by atoms with E-state index in [-0.39, 0.29) is 48.4 Å². The van der Waals surface area contributed by atoms with E-state index in [0.29, 0.717) is 48.1 Å². The molecule has 3 unspecified atom stereocenters. The molecule has 5 aliphatic heterocycles. The zero-order chi connectivity index (χ0) is 52.8. The van der Waals surface area contributed by atoms with Crippen molar-refractivity contribution in [3.05, 3.63) is 101 Å². The summed E-state index contributed by atoms with van der Waals surface area (Å²) in [6.45, 7) is 16.6. The molecular weight excluding hydrogens is 991 g/mol. The number of anilines is 2. The van der Waals surface area contributed by atoms with Crippen LogP contribution in [0.4, 0.5) is 11.6 Å². The van der Waals surface area contributed by atoms with Gasteiger partial charge in [-0.15, -0.1) is 11.3 Å². The number of aliphatic hydroxyl groups excluding tert-OH is 1. The van der Waals surface area contributed by atoms with Crippen LogP contribution in [0, 0.1) is 24.7 Å². The standard InChI is InChI=1S/C59H67N11O6S/c1-31(2)50(58(74)70-29-43(72)21-47(70)57(73)62-33(4)35-9-11-36(12-10-35)55-34(5)61-30-77-55)48-22-49(66-76-48)68-25-38-15-16-67(24-39(38)26-68)17-18-75-59-64-54-46(56(65-59)69-27-40-13-14-41(28-69)63-40)23-60-53-45-20-42(71)19-37-7-6-8-44(52(37)45)32(3)51(53)54/h6-12,19-20,22-23,30-33,38-41,43,47,50,63,71-72H,13-18,21,24-29H2,1-5H3,(H,62,73)/t32?,33-,38+,39-,40?,41?,43+,47-,50+/m0/s1. The second-order valence-corrected chi connectivity index (χ2v) is 23.9. The first-order valence-electron chi connectivity index (χ1n) is 27.7. The van der Waals surface area contributed by atoms with E-state index in [1.165, 1.54) is 10.5 Å². The molecule has 2 amide bonds. The Hall–Kier alpha value is -6.73. The Morgan fingerprint density at radius 2 is 1.74 bits per heavy atom. The molecule has 400 valence electrons. The normalized spacial score (nSPS) is 24.7.